The van der Waals surface area contributed by atoms with Crippen molar-refractivity contribution in [2.45, 2.75) is 82.5 Å². The van der Waals surface area contributed by atoms with Gasteiger partial charge in [-0.2, -0.15) is 4.98 Å². The fourth-order valence-electron chi connectivity index (χ4n) is 5.12. The predicted octanol–water partition coefficient (Wildman–Crippen LogP) is 4.76. The van der Waals surface area contributed by atoms with E-state index in [1.54, 1.807) is 6.07 Å². The largest absolute Gasteiger partial charge is 0.573 e. The number of rotatable bonds is 10. The Kier molecular flexibility index (Phi) is 9.21. The van der Waals surface area contributed by atoms with E-state index in [0.29, 0.717) is 24.5 Å². The van der Waals surface area contributed by atoms with Crippen LogP contribution in [-0.4, -0.2) is 51.1 Å². The molecule has 2 fully saturated rings. The molecule has 1 aromatic heterocycles. The Morgan fingerprint density at radius 1 is 1.03 bits per heavy atom. The van der Waals surface area contributed by atoms with Crippen molar-refractivity contribution in [2.24, 2.45) is 5.92 Å². The number of ether oxygens (including phenoxy) is 1. The Hall–Kier alpha value is -3.19. The molecule has 0 atom stereocenters. The van der Waals surface area contributed by atoms with Crippen LogP contribution in [-0.2, 0) is 6.54 Å². The van der Waals surface area contributed by atoms with Gasteiger partial charge in [-0.15, -0.1) is 13.2 Å². The predicted molar refractivity (Wildman–Crippen MR) is 135 cm³/mol. The lowest BCUT2D eigenvalue weighted by atomic mass is 9.84. The van der Waals surface area contributed by atoms with Crippen LogP contribution in [0, 0.1) is 16.0 Å². The third-order valence-electron chi connectivity index (χ3n) is 7.17. The molecule has 10 nitrogen and oxygen atoms in total. The van der Waals surface area contributed by atoms with E-state index in [1.165, 1.54) is 18.2 Å². The highest BCUT2D eigenvalue weighted by Gasteiger charge is 2.32. The van der Waals surface area contributed by atoms with E-state index in [1.807, 2.05) is 0 Å². The Morgan fingerprint density at radius 3 is 2.34 bits per heavy atom. The molecule has 0 radical (unpaired) electrons. The average Bonchev–Trinajstić information content (AvgIpc) is 2.88. The summed E-state index contributed by atoms with van der Waals surface area (Å²) in [6.07, 6.45) is 3.75. The fourth-order valence-corrected chi connectivity index (χ4v) is 5.12. The van der Waals surface area contributed by atoms with Crippen molar-refractivity contribution in [1.82, 2.24) is 15.3 Å². The standard InChI is InChI=1S/C25H33F3N6O4/c26-25(27,28)38-22-4-2-1-3-17(22)14-30-24-31-15-21(34(36)37)23(33-24)29-13-16-5-7-18(8-6-16)32-19-9-11-20(35)12-10-19/h1-4,15-16,18-20,32,35H,5-14H2,(H2,29,30,31,33). The van der Waals surface area contributed by atoms with Crippen LogP contribution in [0.25, 0.3) is 0 Å². The van der Waals surface area contributed by atoms with Gasteiger partial charge in [-0.05, 0) is 63.4 Å². The maximum absolute atomic E-state index is 12.7. The molecule has 4 N–H and O–H groups in total. The highest BCUT2D eigenvalue weighted by Crippen LogP contribution is 2.30. The number of aliphatic hydroxyl groups excluding tert-OH is 1. The Bertz CT molecular complexity index is 1070. The van der Waals surface area contributed by atoms with E-state index in [0.717, 1.165) is 57.6 Å². The lowest BCUT2D eigenvalue weighted by Crippen LogP contribution is -2.43. The number of hydrogen-bond acceptors (Lipinski definition) is 9. The summed E-state index contributed by atoms with van der Waals surface area (Å²) in [5.41, 5.74) is -0.0396. The summed E-state index contributed by atoms with van der Waals surface area (Å²) in [6.45, 7) is 0.447. The summed E-state index contributed by atoms with van der Waals surface area (Å²) in [5.74, 6) is 0.0938. The van der Waals surface area contributed by atoms with Crippen LogP contribution in [0.5, 0.6) is 5.75 Å². The summed E-state index contributed by atoms with van der Waals surface area (Å²) < 4.78 is 42.1. The monoisotopic (exact) mass is 538 g/mol. The van der Waals surface area contributed by atoms with Gasteiger partial charge in [-0.3, -0.25) is 10.1 Å². The minimum atomic E-state index is -4.83. The van der Waals surface area contributed by atoms with E-state index < -0.39 is 11.3 Å². The fraction of sp³-hybridized carbons (Fsp3) is 0.600. The van der Waals surface area contributed by atoms with Crippen molar-refractivity contribution < 1.29 is 27.9 Å². The number of nitro groups is 1. The smallest absolute Gasteiger partial charge is 0.405 e. The normalized spacial score (nSPS) is 24.0. The number of alkyl halides is 3. The SMILES string of the molecule is O=[N+]([O-])c1cnc(NCc2ccccc2OC(F)(F)F)nc1NCC1CCC(NC2CCC(O)CC2)CC1. The van der Waals surface area contributed by atoms with Gasteiger partial charge in [0, 0.05) is 30.7 Å². The summed E-state index contributed by atoms with van der Waals surface area (Å²) in [5, 5.41) is 30.8. The lowest BCUT2D eigenvalue weighted by Gasteiger charge is -2.34. The Labute approximate surface area is 218 Å². The zero-order valence-corrected chi connectivity index (χ0v) is 20.9. The first-order chi connectivity index (χ1) is 18.2. The molecule has 1 aromatic carbocycles. The van der Waals surface area contributed by atoms with Crippen molar-refractivity contribution in [1.29, 1.82) is 0 Å². The summed E-state index contributed by atoms with van der Waals surface area (Å²) >= 11 is 0. The number of anilines is 2. The number of hydrogen-bond donors (Lipinski definition) is 4. The number of aromatic nitrogens is 2. The maximum Gasteiger partial charge on any atom is 0.573 e. The molecule has 0 amide bonds. The number of halogens is 3. The van der Waals surface area contributed by atoms with Crippen LogP contribution in [0.15, 0.2) is 30.5 Å². The van der Waals surface area contributed by atoms with Crippen molar-refractivity contribution in [3.63, 3.8) is 0 Å². The molecule has 2 aromatic rings. The van der Waals surface area contributed by atoms with E-state index in [-0.39, 0.29) is 41.4 Å². The van der Waals surface area contributed by atoms with Crippen molar-refractivity contribution in [3.05, 3.63) is 46.1 Å². The van der Waals surface area contributed by atoms with E-state index in [2.05, 4.69) is 30.7 Å². The molecule has 2 aliphatic rings. The minimum Gasteiger partial charge on any atom is -0.405 e. The van der Waals surface area contributed by atoms with Gasteiger partial charge in [0.15, 0.2) is 0 Å². The highest BCUT2D eigenvalue weighted by atomic mass is 19.4. The molecule has 208 valence electrons. The van der Waals surface area contributed by atoms with Gasteiger partial charge in [-0.1, -0.05) is 18.2 Å². The molecule has 2 saturated carbocycles. The van der Waals surface area contributed by atoms with Gasteiger partial charge < -0.3 is 25.8 Å². The molecule has 13 heteroatoms. The summed E-state index contributed by atoms with van der Waals surface area (Å²) in [4.78, 5) is 19.1. The highest BCUT2D eigenvalue weighted by molar-refractivity contribution is 5.57. The first-order valence-electron chi connectivity index (χ1n) is 12.9. The molecule has 1 heterocycles. The molecular formula is C25H33F3N6O4. The molecular weight excluding hydrogens is 505 g/mol. The molecule has 0 aliphatic heterocycles. The lowest BCUT2D eigenvalue weighted by molar-refractivity contribution is -0.384. The number of benzene rings is 1. The molecule has 4 rings (SSSR count). The van der Waals surface area contributed by atoms with E-state index >= 15 is 0 Å². The zero-order chi connectivity index (χ0) is 27.1. The van der Waals surface area contributed by atoms with Crippen molar-refractivity contribution in [3.8, 4) is 5.75 Å². The van der Waals surface area contributed by atoms with Crippen LogP contribution >= 0.6 is 0 Å². The second kappa shape index (κ2) is 12.6. The summed E-state index contributed by atoms with van der Waals surface area (Å²) in [6, 6.07) is 6.59. The van der Waals surface area contributed by atoms with Gasteiger partial charge in [0.1, 0.15) is 11.9 Å². The summed E-state index contributed by atoms with van der Waals surface area (Å²) in [7, 11) is 0. The number of aliphatic hydroxyl groups is 1. The van der Waals surface area contributed by atoms with Crippen LogP contribution in [0.2, 0.25) is 0 Å². The molecule has 0 saturated heterocycles. The van der Waals surface area contributed by atoms with Gasteiger partial charge >= 0.3 is 12.0 Å². The van der Waals surface area contributed by atoms with Gasteiger partial charge in [0.05, 0.1) is 11.0 Å². The molecule has 0 unspecified atom stereocenters. The number of para-hydroxylation sites is 1. The first-order valence-corrected chi connectivity index (χ1v) is 12.9. The number of nitrogens with zero attached hydrogens (tertiary/aromatic N) is 3. The zero-order valence-electron chi connectivity index (χ0n) is 20.9. The van der Waals surface area contributed by atoms with Crippen LogP contribution in [0.3, 0.4) is 0 Å². The van der Waals surface area contributed by atoms with Crippen LogP contribution in [0.1, 0.15) is 56.9 Å². The van der Waals surface area contributed by atoms with Gasteiger partial charge in [0.25, 0.3) is 0 Å². The molecule has 38 heavy (non-hydrogen) atoms. The first kappa shape index (κ1) is 27.8. The van der Waals surface area contributed by atoms with E-state index in [9.17, 15) is 28.4 Å². The molecule has 2 aliphatic carbocycles. The van der Waals surface area contributed by atoms with Gasteiger partial charge in [0.2, 0.25) is 11.8 Å². The van der Waals surface area contributed by atoms with Gasteiger partial charge in [-0.25, -0.2) is 4.98 Å². The van der Waals surface area contributed by atoms with Crippen LogP contribution in [0.4, 0.5) is 30.6 Å². The van der Waals surface area contributed by atoms with E-state index in [4.69, 9.17) is 0 Å². The topological polar surface area (TPSA) is 134 Å². The van der Waals surface area contributed by atoms with Crippen molar-refractivity contribution in [2.75, 3.05) is 17.2 Å². The Morgan fingerprint density at radius 2 is 1.68 bits per heavy atom. The molecule has 0 spiro atoms. The quantitative estimate of drug-likeness (QED) is 0.249. The second-order valence-electron chi connectivity index (χ2n) is 9.96. The number of nitrogens with one attached hydrogen (secondary N) is 3. The third kappa shape index (κ3) is 8.15. The maximum atomic E-state index is 12.7. The third-order valence-corrected chi connectivity index (χ3v) is 7.17. The average molecular weight is 539 g/mol. The minimum absolute atomic E-state index is 0.0467. The Balaban J connectivity index is 1.31. The van der Waals surface area contributed by atoms with Crippen LogP contribution < -0.4 is 20.7 Å². The van der Waals surface area contributed by atoms with Crippen molar-refractivity contribution >= 4 is 17.5 Å². The second-order valence-corrected chi connectivity index (χ2v) is 9.96. The molecule has 0 bridgehead atoms.